The topological polar surface area (TPSA) is 55.6 Å². The molecule has 114 valence electrons. The Bertz CT molecular complexity index is 827. The van der Waals surface area contributed by atoms with Crippen molar-refractivity contribution in [2.24, 2.45) is 7.05 Å². The van der Waals surface area contributed by atoms with Gasteiger partial charge in [-0.2, -0.15) is 0 Å². The average molecular weight is 295 g/mol. The molecule has 0 amide bonds. The summed E-state index contributed by atoms with van der Waals surface area (Å²) in [7, 11) is 2.06. The summed E-state index contributed by atoms with van der Waals surface area (Å²) >= 11 is 0. The fraction of sp³-hybridized carbons (Fsp3) is 0.353. The molecule has 0 bridgehead atoms. The first kappa shape index (κ1) is 14.5. The zero-order valence-corrected chi connectivity index (χ0v) is 13.7. The predicted octanol–water partition coefficient (Wildman–Crippen LogP) is 3.71. The normalized spacial score (nSPS) is 11.9. The van der Waals surface area contributed by atoms with Crippen molar-refractivity contribution in [3.63, 3.8) is 0 Å². The molecule has 2 aromatic heterocycles. The molecule has 0 saturated carbocycles. The summed E-state index contributed by atoms with van der Waals surface area (Å²) in [5.74, 6) is 1.68. The minimum Gasteiger partial charge on any atom is -0.331 e. The number of aryl methyl sites for hydroxylation is 2. The maximum Gasteiger partial charge on any atom is 0.227 e. The number of benzene rings is 1. The van der Waals surface area contributed by atoms with E-state index in [0.29, 0.717) is 5.95 Å². The minimum absolute atomic E-state index is 0.0149. The van der Waals surface area contributed by atoms with Crippen molar-refractivity contribution in [1.29, 1.82) is 0 Å². The largest absolute Gasteiger partial charge is 0.331 e. The van der Waals surface area contributed by atoms with Gasteiger partial charge in [-0.15, -0.1) is 0 Å². The van der Waals surface area contributed by atoms with E-state index >= 15 is 0 Å². The van der Waals surface area contributed by atoms with Gasteiger partial charge in [-0.1, -0.05) is 20.8 Å². The van der Waals surface area contributed by atoms with Gasteiger partial charge in [0.25, 0.3) is 0 Å². The number of aromatic nitrogens is 4. The molecule has 0 spiro atoms. The van der Waals surface area contributed by atoms with Gasteiger partial charge in [0.1, 0.15) is 5.82 Å². The van der Waals surface area contributed by atoms with Crippen LogP contribution in [0, 0.1) is 6.92 Å². The summed E-state index contributed by atoms with van der Waals surface area (Å²) in [5.41, 5.74) is 4.00. The highest BCUT2D eigenvalue weighted by Crippen LogP contribution is 2.27. The lowest BCUT2D eigenvalue weighted by Gasteiger charge is -2.17. The van der Waals surface area contributed by atoms with Crippen molar-refractivity contribution in [3.05, 3.63) is 42.0 Å². The van der Waals surface area contributed by atoms with E-state index in [4.69, 9.17) is 4.98 Å². The first-order chi connectivity index (χ1) is 10.3. The van der Waals surface area contributed by atoms with Gasteiger partial charge in [-0.3, -0.25) is 0 Å². The highest BCUT2D eigenvalue weighted by atomic mass is 15.1. The molecule has 1 aromatic carbocycles. The van der Waals surface area contributed by atoms with Crippen LogP contribution in [0.4, 0.5) is 11.6 Å². The van der Waals surface area contributed by atoms with Gasteiger partial charge < -0.3 is 9.88 Å². The SMILES string of the molecule is Cc1ccnc(Nc2ccc3c(c2)nc(C(C)(C)C)n3C)n1. The first-order valence-corrected chi connectivity index (χ1v) is 7.38. The van der Waals surface area contributed by atoms with Crippen LogP contribution in [0.25, 0.3) is 11.0 Å². The molecule has 5 nitrogen and oxygen atoms in total. The van der Waals surface area contributed by atoms with Crippen molar-refractivity contribution in [2.75, 3.05) is 5.32 Å². The monoisotopic (exact) mass is 295 g/mol. The van der Waals surface area contributed by atoms with Crippen LogP contribution in [0.5, 0.6) is 0 Å². The number of hydrogen-bond acceptors (Lipinski definition) is 4. The second-order valence-corrected chi connectivity index (χ2v) is 6.59. The smallest absolute Gasteiger partial charge is 0.227 e. The summed E-state index contributed by atoms with van der Waals surface area (Å²) in [6, 6.07) is 8.02. The highest BCUT2D eigenvalue weighted by Gasteiger charge is 2.21. The first-order valence-electron chi connectivity index (χ1n) is 7.38. The van der Waals surface area contributed by atoms with Gasteiger partial charge in [0.2, 0.25) is 5.95 Å². The minimum atomic E-state index is 0.0149. The molecular formula is C17H21N5. The van der Waals surface area contributed by atoms with Gasteiger partial charge in [-0.25, -0.2) is 15.0 Å². The molecule has 0 unspecified atom stereocenters. The third kappa shape index (κ3) is 2.66. The maximum atomic E-state index is 4.79. The number of imidazole rings is 1. The van der Waals surface area contributed by atoms with Crippen LogP contribution in [-0.4, -0.2) is 19.5 Å². The molecule has 1 N–H and O–H groups in total. The quantitative estimate of drug-likeness (QED) is 0.783. The van der Waals surface area contributed by atoms with Crippen LogP contribution in [0.2, 0.25) is 0 Å². The molecule has 3 rings (SSSR count). The lowest BCUT2D eigenvalue weighted by atomic mass is 9.96. The van der Waals surface area contributed by atoms with E-state index in [1.807, 2.05) is 25.1 Å². The molecule has 0 fully saturated rings. The molecule has 0 aliphatic rings. The van der Waals surface area contributed by atoms with Gasteiger partial charge in [-0.05, 0) is 31.2 Å². The van der Waals surface area contributed by atoms with Gasteiger partial charge >= 0.3 is 0 Å². The summed E-state index contributed by atoms with van der Waals surface area (Å²) in [6.07, 6.45) is 1.75. The second-order valence-electron chi connectivity index (χ2n) is 6.59. The predicted molar refractivity (Wildman–Crippen MR) is 89.5 cm³/mol. The average Bonchev–Trinajstić information content (AvgIpc) is 2.76. The van der Waals surface area contributed by atoms with Crippen LogP contribution < -0.4 is 5.32 Å². The Kier molecular flexibility index (Phi) is 3.35. The number of hydrogen-bond donors (Lipinski definition) is 1. The summed E-state index contributed by atoms with van der Waals surface area (Å²) in [6.45, 7) is 8.47. The van der Waals surface area contributed by atoms with Gasteiger partial charge in [0, 0.05) is 30.0 Å². The van der Waals surface area contributed by atoms with E-state index in [1.165, 1.54) is 0 Å². The van der Waals surface area contributed by atoms with Crippen LogP contribution in [0.3, 0.4) is 0 Å². The lowest BCUT2D eigenvalue weighted by Crippen LogP contribution is -2.17. The molecule has 0 aliphatic heterocycles. The maximum absolute atomic E-state index is 4.79. The summed E-state index contributed by atoms with van der Waals surface area (Å²) in [4.78, 5) is 13.4. The third-order valence-electron chi connectivity index (χ3n) is 3.60. The number of nitrogens with one attached hydrogen (secondary N) is 1. The Balaban J connectivity index is 2.00. The van der Waals surface area contributed by atoms with Crippen molar-refractivity contribution < 1.29 is 0 Å². The molecule has 0 saturated heterocycles. The van der Waals surface area contributed by atoms with E-state index < -0.39 is 0 Å². The molecule has 3 aromatic rings. The number of anilines is 2. The Morgan fingerprint density at radius 2 is 1.86 bits per heavy atom. The molecule has 2 heterocycles. The van der Waals surface area contributed by atoms with Gasteiger partial charge in [0.15, 0.2) is 0 Å². The molecule has 0 aliphatic carbocycles. The Hall–Kier alpha value is -2.43. The molecule has 22 heavy (non-hydrogen) atoms. The van der Waals surface area contributed by atoms with Crippen molar-refractivity contribution in [1.82, 2.24) is 19.5 Å². The van der Waals surface area contributed by atoms with Crippen molar-refractivity contribution in [2.45, 2.75) is 33.1 Å². The van der Waals surface area contributed by atoms with Crippen LogP contribution in [0.1, 0.15) is 32.3 Å². The number of nitrogens with zero attached hydrogens (tertiary/aromatic N) is 4. The van der Waals surface area contributed by atoms with E-state index in [9.17, 15) is 0 Å². The lowest BCUT2D eigenvalue weighted by molar-refractivity contribution is 0.526. The summed E-state index contributed by atoms with van der Waals surface area (Å²) in [5, 5.41) is 3.23. The molecule has 0 radical (unpaired) electrons. The van der Waals surface area contributed by atoms with Crippen molar-refractivity contribution >= 4 is 22.7 Å². The number of fused-ring (bicyclic) bond motifs is 1. The zero-order valence-electron chi connectivity index (χ0n) is 13.7. The fourth-order valence-electron chi connectivity index (χ4n) is 2.59. The van der Waals surface area contributed by atoms with Gasteiger partial charge in [0.05, 0.1) is 11.0 Å². The Morgan fingerprint density at radius 1 is 1.09 bits per heavy atom. The third-order valence-corrected chi connectivity index (χ3v) is 3.60. The van der Waals surface area contributed by atoms with Crippen LogP contribution in [0.15, 0.2) is 30.5 Å². The molecule has 0 atom stereocenters. The number of rotatable bonds is 2. The van der Waals surface area contributed by atoms with Crippen LogP contribution in [-0.2, 0) is 12.5 Å². The van der Waals surface area contributed by atoms with Crippen molar-refractivity contribution in [3.8, 4) is 0 Å². The van der Waals surface area contributed by atoms with E-state index in [2.05, 4.69) is 53.7 Å². The Morgan fingerprint density at radius 3 is 2.55 bits per heavy atom. The van der Waals surface area contributed by atoms with E-state index in [-0.39, 0.29) is 5.41 Å². The van der Waals surface area contributed by atoms with Crippen LogP contribution >= 0.6 is 0 Å². The van der Waals surface area contributed by atoms with E-state index in [1.54, 1.807) is 6.20 Å². The zero-order chi connectivity index (χ0) is 15.9. The second kappa shape index (κ2) is 5.09. The highest BCUT2D eigenvalue weighted by molar-refractivity contribution is 5.81. The molecular weight excluding hydrogens is 274 g/mol. The molecule has 5 heteroatoms. The Labute approximate surface area is 130 Å². The summed E-state index contributed by atoms with van der Waals surface area (Å²) < 4.78 is 2.16. The van der Waals surface area contributed by atoms with E-state index in [0.717, 1.165) is 28.2 Å². The fourth-order valence-corrected chi connectivity index (χ4v) is 2.59. The standard InChI is InChI=1S/C17H21N5/c1-11-8-9-18-16(19-11)20-12-6-7-14-13(10-12)21-15(22(14)5)17(2,3)4/h6-10H,1-5H3,(H,18,19,20).